The highest BCUT2D eigenvalue weighted by Crippen LogP contribution is 2.20. The van der Waals surface area contributed by atoms with Crippen molar-refractivity contribution < 1.29 is 23.3 Å². The molecule has 0 fully saturated rings. The highest BCUT2D eigenvalue weighted by molar-refractivity contribution is 5.91. The van der Waals surface area contributed by atoms with Crippen LogP contribution in [0.5, 0.6) is 0 Å². The molecule has 3 rings (SSSR count). The molecule has 3 aromatic rings. The lowest BCUT2D eigenvalue weighted by Crippen LogP contribution is -2.87. The van der Waals surface area contributed by atoms with Crippen LogP contribution in [0.4, 0.5) is 18.9 Å². The number of quaternary nitrogens is 1. The van der Waals surface area contributed by atoms with Crippen LogP contribution in [-0.2, 0) is 4.79 Å². The zero-order valence-corrected chi connectivity index (χ0v) is 14.3. The molecule has 0 bridgehead atoms. The van der Waals surface area contributed by atoms with Crippen molar-refractivity contribution in [3.05, 3.63) is 101 Å². The average molecular weight is 371 g/mol. The van der Waals surface area contributed by atoms with Crippen LogP contribution in [0.15, 0.2) is 72.8 Å². The molecule has 0 spiro atoms. The average Bonchev–Trinajstić information content (AvgIpc) is 2.70. The van der Waals surface area contributed by atoms with Crippen molar-refractivity contribution in [2.75, 3.05) is 11.9 Å². The lowest BCUT2D eigenvalue weighted by molar-refractivity contribution is -0.676. The van der Waals surface area contributed by atoms with Crippen LogP contribution >= 0.6 is 0 Å². The molecule has 0 saturated carbocycles. The summed E-state index contributed by atoms with van der Waals surface area (Å²) < 4.78 is 40.0. The van der Waals surface area contributed by atoms with E-state index in [0.29, 0.717) is 0 Å². The smallest absolute Gasteiger partial charge is 0.279 e. The topological polar surface area (TPSA) is 45.7 Å². The van der Waals surface area contributed by atoms with Gasteiger partial charge in [-0.05, 0) is 12.1 Å². The lowest BCUT2D eigenvalue weighted by Gasteiger charge is -2.16. The third-order valence-electron chi connectivity index (χ3n) is 4.17. The first-order valence-electron chi connectivity index (χ1n) is 8.43. The number of rotatable bonds is 6. The van der Waals surface area contributed by atoms with E-state index in [2.05, 4.69) is 5.32 Å². The van der Waals surface area contributed by atoms with E-state index in [0.717, 1.165) is 23.3 Å². The lowest BCUT2D eigenvalue weighted by atomic mass is 9.99. The van der Waals surface area contributed by atoms with Gasteiger partial charge in [-0.15, -0.1) is 0 Å². The second-order valence-electron chi connectivity index (χ2n) is 6.01. The van der Waals surface area contributed by atoms with Crippen molar-refractivity contribution in [1.82, 2.24) is 0 Å². The summed E-state index contributed by atoms with van der Waals surface area (Å²) in [4.78, 5) is 12.2. The number of benzene rings is 3. The predicted octanol–water partition coefficient (Wildman–Crippen LogP) is 3.40. The maximum Gasteiger partial charge on any atom is 0.279 e. The van der Waals surface area contributed by atoms with Crippen LogP contribution in [-0.4, -0.2) is 12.5 Å². The predicted molar refractivity (Wildman–Crippen MR) is 96.5 cm³/mol. The highest BCUT2D eigenvalue weighted by Gasteiger charge is 2.20. The molecule has 0 aromatic heterocycles. The molecule has 3 aromatic carbocycles. The van der Waals surface area contributed by atoms with Crippen LogP contribution in [0.2, 0.25) is 0 Å². The summed E-state index contributed by atoms with van der Waals surface area (Å²) >= 11 is 0. The number of nitrogens with two attached hydrogens (primary N) is 1. The van der Waals surface area contributed by atoms with E-state index in [1.807, 2.05) is 60.7 Å². The molecule has 27 heavy (non-hydrogen) atoms. The van der Waals surface area contributed by atoms with E-state index in [1.54, 1.807) is 5.32 Å². The van der Waals surface area contributed by atoms with Gasteiger partial charge in [-0.3, -0.25) is 4.79 Å². The Labute approximate surface area is 154 Å². The summed E-state index contributed by atoms with van der Waals surface area (Å²) in [5, 5.41) is 4.09. The number of nitrogens with one attached hydrogen (secondary N) is 1. The van der Waals surface area contributed by atoms with E-state index in [1.165, 1.54) is 0 Å². The van der Waals surface area contributed by atoms with Crippen LogP contribution in [0.25, 0.3) is 0 Å². The minimum atomic E-state index is -1.61. The number of anilines is 1. The van der Waals surface area contributed by atoms with Crippen molar-refractivity contribution in [2.45, 2.75) is 6.04 Å². The second kappa shape index (κ2) is 8.51. The minimum Gasteiger partial charge on any atom is -0.328 e. The molecule has 0 aliphatic carbocycles. The molecule has 138 valence electrons. The SMILES string of the molecule is O=C(C[NH2+]C(c1ccccc1)c1ccccc1)Nc1ccc(F)c(F)c1F. The number of carbonyl (C=O) groups is 1. The maximum atomic E-state index is 13.7. The Kier molecular flexibility index (Phi) is 5.88. The Balaban J connectivity index is 1.72. The fourth-order valence-corrected chi connectivity index (χ4v) is 2.83. The van der Waals surface area contributed by atoms with Gasteiger partial charge in [0.25, 0.3) is 5.91 Å². The van der Waals surface area contributed by atoms with Gasteiger partial charge in [-0.25, -0.2) is 13.2 Å². The van der Waals surface area contributed by atoms with Gasteiger partial charge in [0.2, 0.25) is 0 Å². The summed E-state index contributed by atoms with van der Waals surface area (Å²) in [5.41, 5.74) is 1.63. The Hall–Kier alpha value is -3.12. The number of halogens is 3. The molecule has 3 nitrogen and oxygen atoms in total. The maximum absolute atomic E-state index is 13.7. The summed E-state index contributed by atoms with van der Waals surface area (Å²) in [7, 11) is 0. The van der Waals surface area contributed by atoms with E-state index in [-0.39, 0.29) is 18.3 Å². The Morgan fingerprint density at radius 1 is 0.815 bits per heavy atom. The first kappa shape index (κ1) is 18.7. The standard InChI is InChI=1S/C21H17F3N2O/c22-16-11-12-17(20(24)19(16)23)26-18(27)13-25-21(14-7-3-1-4-8-14)15-9-5-2-6-10-15/h1-12,21,25H,13H2,(H,26,27)/p+1. The van der Waals surface area contributed by atoms with Gasteiger partial charge in [0.05, 0.1) is 5.69 Å². The van der Waals surface area contributed by atoms with Gasteiger partial charge < -0.3 is 10.6 Å². The van der Waals surface area contributed by atoms with E-state index in [4.69, 9.17) is 0 Å². The summed E-state index contributed by atoms with van der Waals surface area (Å²) in [6.45, 7) is -0.0209. The molecule has 1 amide bonds. The highest BCUT2D eigenvalue weighted by atomic mass is 19.2. The molecular weight excluding hydrogens is 353 g/mol. The summed E-state index contributed by atoms with van der Waals surface area (Å²) in [6.07, 6.45) is 0. The van der Waals surface area contributed by atoms with Crippen molar-refractivity contribution in [3.8, 4) is 0 Å². The molecular formula is C21H18F3N2O+. The number of hydrogen-bond donors (Lipinski definition) is 2. The third-order valence-corrected chi connectivity index (χ3v) is 4.17. The Morgan fingerprint density at radius 2 is 1.37 bits per heavy atom. The van der Waals surface area contributed by atoms with Crippen molar-refractivity contribution in [1.29, 1.82) is 0 Å². The molecule has 0 aliphatic heterocycles. The van der Waals surface area contributed by atoms with Crippen LogP contribution in [0, 0.1) is 17.5 Å². The van der Waals surface area contributed by atoms with E-state index in [9.17, 15) is 18.0 Å². The molecule has 0 atom stereocenters. The normalized spacial score (nSPS) is 10.8. The molecule has 0 radical (unpaired) electrons. The number of hydrogen-bond acceptors (Lipinski definition) is 1. The monoisotopic (exact) mass is 371 g/mol. The molecule has 0 heterocycles. The van der Waals surface area contributed by atoms with Gasteiger partial charge >= 0.3 is 0 Å². The fraction of sp³-hybridized carbons (Fsp3) is 0.0952. The minimum absolute atomic E-state index is 0.0209. The largest absolute Gasteiger partial charge is 0.328 e. The van der Waals surface area contributed by atoms with Gasteiger partial charge in [-0.1, -0.05) is 60.7 Å². The first-order chi connectivity index (χ1) is 13.1. The molecule has 3 N–H and O–H groups in total. The Morgan fingerprint density at radius 3 is 1.93 bits per heavy atom. The molecule has 0 aliphatic rings. The first-order valence-corrected chi connectivity index (χ1v) is 8.43. The molecule has 0 unspecified atom stereocenters. The van der Waals surface area contributed by atoms with Gasteiger partial charge in [0.1, 0.15) is 6.04 Å². The van der Waals surface area contributed by atoms with Gasteiger partial charge in [0, 0.05) is 11.1 Å². The molecule has 6 heteroatoms. The summed E-state index contributed by atoms with van der Waals surface area (Å²) in [6, 6.07) is 20.9. The van der Waals surface area contributed by atoms with Crippen molar-refractivity contribution in [2.24, 2.45) is 0 Å². The van der Waals surface area contributed by atoms with Crippen LogP contribution in [0.1, 0.15) is 17.2 Å². The summed E-state index contributed by atoms with van der Waals surface area (Å²) in [5.74, 6) is -4.84. The van der Waals surface area contributed by atoms with E-state index < -0.39 is 23.4 Å². The van der Waals surface area contributed by atoms with Crippen LogP contribution < -0.4 is 10.6 Å². The third kappa shape index (κ3) is 4.54. The van der Waals surface area contributed by atoms with Gasteiger partial charge in [-0.2, -0.15) is 0 Å². The van der Waals surface area contributed by atoms with Crippen LogP contribution in [0.3, 0.4) is 0 Å². The number of amides is 1. The van der Waals surface area contributed by atoms with E-state index >= 15 is 0 Å². The van der Waals surface area contributed by atoms with Crippen molar-refractivity contribution >= 4 is 11.6 Å². The Bertz CT molecular complexity index is 878. The second-order valence-corrected chi connectivity index (χ2v) is 6.01. The fourth-order valence-electron chi connectivity index (χ4n) is 2.83. The zero-order valence-electron chi connectivity index (χ0n) is 14.3. The molecule has 0 saturated heterocycles. The number of carbonyl (C=O) groups excluding carboxylic acids is 1. The quantitative estimate of drug-likeness (QED) is 0.641. The van der Waals surface area contributed by atoms with Crippen molar-refractivity contribution in [3.63, 3.8) is 0 Å². The van der Waals surface area contributed by atoms with Gasteiger partial charge in [0.15, 0.2) is 24.0 Å². The zero-order chi connectivity index (χ0) is 19.2.